The summed E-state index contributed by atoms with van der Waals surface area (Å²) in [4.78, 5) is 10.8. The molecule has 0 aliphatic heterocycles. The van der Waals surface area contributed by atoms with Crippen LogP contribution < -0.4 is 0 Å². The molecular formula is C23H32O2. The Balaban J connectivity index is 0.000000970. The van der Waals surface area contributed by atoms with Gasteiger partial charge in [-0.25, -0.2) is 0 Å². The maximum atomic E-state index is 10.8. The van der Waals surface area contributed by atoms with Crippen LogP contribution in [0, 0.1) is 6.92 Å². The van der Waals surface area contributed by atoms with Crippen molar-refractivity contribution in [3.05, 3.63) is 59.2 Å². The van der Waals surface area contributed by atoms with Crippen molar-refractivity contribution in [3.8, 4) is 11.1 Å². The van der Waals surface area contributed by atoms with Gasteiger partial charge in [-0.05, 0) is 53.9 Å². The fourth-order valence-electron chi connectivity index (χ4n) is 3.42. The number of carbonyl (C=O) groups is 1. The zero-order valence-electron chi connectivity index (χ0n) is 16.6. The molecule has 2 aromatic rings. The molecule has 25 heavy (non-hydrogen) atoms. The number of rotatable bonds is 6. The van der Waals surface area contributed by atoms with Crippen LogP contribution in [0.2, 0.25) is 0 Å². The molecule has 0 saturated heterocycles. The zero-order chi connectivity index (χ0) is 18.9. The Bertz CT molecular complexity index is 644. The molecule has 0 saturated carbocycles. The molecule has 0 aliphatic carbocycles. The molecule has 0 bridgehead atoms. The van der Waals surface area contributed by atoms with Crippen LogP contribution >= 0.6 is 0 Å². The highest BCUT2D eigenvalue weighted by Gasteiger charge is 2.26. The minimum absolute atomic E-state index is 0.296. The number of benzene rings is 2. The Morgan fingerprint density at radius 2 is 1.44 bits per heavy atom. The standard InChI is InChI=1S/C21H26O.C2H6O/c1-5-21(6-2,7-3)19-12-13-20(16(4)14-19)18-10-8-17(15-22)9-11-18;1-3-2/h8-15H,5-7H2,1-4H3;1-2H3. The molecule has 0 atom stereocenters. The highest BCUT2D eigenvalue weighted by atomic mass is 16.4. The molecule has 2 heteroatoms. The van der Waals surface area contributed by atoms with E-state index in [9.17, 15) is 4.79 Å². The van der Waals surface area contributed by atoms with Gasteiger partial charge in [0.15, 0.2) is 0 Å². The van der Waals surface area contributed by atoms with Gasteiger partial charge in [-0.1, -0.05) is 63.2 Å². The van der Waals surface area contributed by atoms with Gasteiger partial charge in [0.2, 0.25) is 0 Å². The average molecular weight is 341 g/mol. The lowest BCUT2D eigenvalue weighted by atomic mass is 9.73. The number of aryl methyl sites for hydroxylation is 1. The molecular weight excluding hydrogens is 308 g/mol. The lowest BCUT2D eigenvalue weighted by Gasteiger charge is -2.32. The second-order valence-corrected chi connectivity index (χ2v) is 6.52. The molecule has 0 amide bonds. The first-order valence-electron chi connectivity index (χ1n) is 9.08. The number of hydrogen-bond donors (Lipinski definition) is 0. The SMILES string of the molecule is CCC(CC)(CC)c1ccc(-c2ccc(C=O)cc2)c(C)c1.COC. The van der Waals surface area contributed by atoms with E-state index < -0.39 is 0 Å². The van der Waals surface area contributed by atoms with Crippen LogP contribution in [0.15, 0.2) is 42.5 Å². The van der Waals surface area contributed by atoms with Crippen LogP contribution in [0.1, 0.15) is 61.5 Å². The van der Waals surface area contributed by atoms with Crippen LogP contribution in [-0.2, 0) is 10.2 Å². The summed E-state index contributed by atoms with van der Waals surface area (Å²) in [7, 11) is 3.25. The number of carbonyl (C=O) groups excluding carboxylic acids is 1. The maximum absolute atomic E-state index is 10.8. The largest absolute Gasteiger partial charge is 0.388 e. The van der Waals surface area contributed by atoms with Crippen LogP contribution in [0.4, 0.5) is 0 Å². The van der Waals surface area contributed by atoms with E-state index in [1.54, 1.807) is 14.2 Å². The van der Waals surface area contributed by atoms with Crippen LogP contribution in [0.3, 0.4) is 0 Å². The highest BCUT2D eigenvalue weighted by molar-refractivity contribution is 5.77. The van der Waals surface area contributed by atoms with Crippen molar-refractivity contribution in [2.45, 2.75) is 52.4 Å². The Hall–Kier alpha value is -1.93. The number of ether oxygens (including phenoxy) is 1. The van der Waals surface area contributed by atoms with Crippen molar-refractivity contribution in [3.63, 3.8) is 0 Å². The summed E-state index contributed by atoms with van der Waals surface area (Å²) < 4.78 is 4.25. The molecule has 136 valence electrons. The molecule has 2 aromatic carbocycles. The first kappa shape index (κ1) is 21.1. The molecule has 0 aromatic heterocycles. The third-order valence-corrected chi connectivity index (χ3v) is 5.23. The summed E-state index contributed by atoms with van der Waals surface area (Å²) in [5.74, 6) is 0. The van der Waals surface area contributed by atoms with Crippen molar-refractivity contribution in [2.75, 3.05) is 14.2 Å². The summed E-state index contributed by atoms with van der Waals surface area (Å²) in [5, 5.41) is 0. The second-order valence-electron chi connectivity index (χ2n) is 6.52. The molecule has 0 fully saturated rings. The smallest absolute Gasteiger partial charge is 0.150 e. The van der Waals surface area contributed by atoms with E-state index in [1.807, 2.05) is 24.3 Å². The van der Waals surface area contributed by atoms with Gasteiger partial charge < -0.3 is 4.74 Å². The molecule has 0 N–H and O–H groups in total. The molecule has 0 aliphatic rings. The third kappa shape index (κ3) is 5.02. The fourth-order valence-corrected chi connectivity index (χ4v) is 3.42. The normalized spacial score (nSPS) is 10.8. The Kier molecular flexibility index (Phi) is 8.57. The Morgan fingerprint density at radius 3 is 1.84 bits per heavy atom. The molecule has 0 unspecified atom stereocenters. The Labute approximate surface area is 153 Å². The van der Waals surface area contributed by atoms with Gasteiger partial charge in [0, 0.05) is 19.8 Å². The van der Waals surface area contributed by atoms with Crippen molar-refractivity contribution in [2.24, 2.45) is 0 Å². The lowest BCUT2D eigenvalue weighted by Crippen LogP contribution is -2.23. The summed E-state index contributed by atoms with van der Waals surface area (Å²) >= 11 is 0. The van der Waals surface area contributed by atoms with E-state index in [0.717, 1.165) is 11.8 Å². The first-order chi connectivity index (χ1) is 12.0. The summed E-state index contributed by atoms with van der Waals surface area (Å²) in [6, 6.07) is 14.7. The topological polar surface area (TPSA) is 26.3 Å². The molecule has 2 rings (SSSR count). The van der Waals surface area contributed by atoms with Gasteiger partial charge in [0.25, 0.3) is 0 Å². The minimum atomic E-state index is 0.296. The van der Waals surface area contributed by atoms with Crippen molar-refractivity contribution in [1.82, 2.24) is 0 Å². The average Bonchev–Trinajstić information content (AvgIpc) is 2.65. The Morgan fingerprint density at radius 1 is 0.920 bits per heavy atom. The highest BCUT2D eigenvalue weighted by Crippen LogP contribution is 2.37. The second kappa shape index (κ2) is 10.1. The quantitative estimate of drug-likeness (QED) is 0.585. The summed E-state index contributed by atoms with van der Waals surface area (Å²) in [5.41, 5.74) is 6.19. The molecule has 2 nitrogen and oxygen atoms in total. The van der Waals surface area contributed by atoms with Gasteiger partial charge in [-0.15, -0.1) is 0 Å². The molecule has 0 spiro atoms. The van der Waals surface area contributed by atoms with Crippen LogP contribution in [-0.4, -0.2) is 20.5 Å². The molecule has 0 heterocycles. The van der Waals surface area contributed by atoms with Crippen molar-refractivity contribution >= 4 is 6.29 Å². The van der Waals surface area contributed by atoms with Crippen LogP contribution in [0.25, 0.3) is 11.1 Å². The van der Waals surface area contributed by atoms with Gasteiger partial charge in [0.1, 0.15) is 6.29 Å². The number of hydrogen-bond acceptors (Lipinski definition) is 2. The molecule has 0 radical (unpaired) electrons. The fraction of sp³-hybridized carbons (Fsp3) is 0.435. The summed E-state index contributed by atoms with van der Waals surface area (Å²) in [6.07, 6.45) is 4.41. The van der Waals surface area contributed by atoms with E-state index >= 15 is 0 Å². The van der Waals surface area contributed by atoms with E-state index in [-0.39, 0.29) is 0 Å². The van der Waals surface area contributed by atoms with E-state index in [4.69, 9.17) is 0 Å². The zero-order valence-corrected chi connectivity index (χ0v) is 16.6. The minimum Gasteiger partial charge on any atom is -0.388 e. The predicted octanol–water partition coefficient (Wildman–Crippen LogP) is 6.20. The lowest BCUT2D eigenvalue weighted by molar-refractivity contribution is 0.112. The van der Waals surface area contributed by atoms with Crippen molar-refractivity contribution in [1.29, 1.82) is 0 Å². The number of aldehydes is 1. The van der Waals surface area contributed by atoms with E-state index in [2.05, 4.69) is 50.6 Å². The number of methoxy groups -OCH3 is 1. The van der Waals surface area contributed by atoms with Gasteiger partial charge >= 0.3 is 0 Å². The van der Waals surface area contributed by atoms with Gasteiger partial charge in [0.05, 0.1) is 0 Å². The maximum Gasteiger partial charge on any atom is 0.150 e. The van der Waals surface area contributed by atoms with Crippen molar-refractivity contribution < 1.29 is 9.53 Å². The van der Waals surface area contributed by atoms with Crippen LogP contribution in [0.5, 0.6) is 0 Å². The van der Waals surface area contributed by atoms with E-state index in [1.165, 1.54) is 41.5 Å². The van der Waals surface area contributed by atoms with E-state index in [0.29, 0.717) is 5.41 Å². The monoisotopic (exact) mass is 340 g/mol. The summed E-state index contributed by atoms with van der Waals surface area (Å²) in [6.45, 7) is 9.04. The van der Waals surface area contributed by atoms with Gasteiger partial charge in [-0.2, -0.15) is 0 Å². The van der Waals surface area contributed by atoms with Gasteiger partial charge in [-0.3, -0.25) is 4.79 Å². The predicted molar refractivity (Wildman–Crippen MR) is 107 cm³/mol. The third-order valence-electron chi connectivity index (χ3n) is 5.23. The first-order valence-corrected chi connectivity index (χ1v) is 9.08.